The van der Waals surface area contributed by atoms with Crippen molar-refractivity contribution >= 4 is 5.96 Å². The van der Waals surface area contributed by atoms with Crippen LogP contribution >= 0.6 is 0 Å². The number of rotatable bonds is 2. The average Bonchev–Trinajstić information content (AvgIpc) is 2.26. The molecule has 0 saturated heterocycles. The van der Waals surface area contributed by atoms with Crippen molar-refractivity contribution in [2.45, 2.75) is 6.10 Å². The van der Waals surface area contributed by atoms with Gasteiger partial charge in [0, 0.05) is 0 Å². The second kappa shape index (κ2) is 4.08. The van der Waals surface area contributed by atoms with Gasteiger partial charge in [0.25, 0.3) is 0 Å². The SMILES string of the molecule is NC(N)=NCC1COc2ccccc2O1. The van der Waals surface area contributed by atoms with Crippen molar-refractivity contribution in [3.8, 4) is 11.5 Å². The summed E-state index contributed by atoms with van der Waals surface area (Å²) in [5.74, 6) is 1.57. The van der Waals surface area contributed by atoms with Gasteiger partial charge in [-0.1, -0.05) is 12.1 Å². The largest absolute Gasteiger partial charge is 0.486 e. The summed E-state index contributed by atoms with van der Waals surface area (Å²) in [6.07, 6.45) is -0.123. The molecule has 1 aliphatic heterocycles. The molecule has 15 heavy (non-hydrogen) atoms. The summed E-state index contributed by atoms with van der Waals surface area (Å²) in [6, 6.07) is 7.52. The molecule has 0 saturated carbocycles. The Kier molecular flexibility index (Phi) is 2.62. The number of benzene rings is 1. The molecule has 0 spiro atoms. The topological polar surface area (TPSA) is 82.9 Å². The standard InChI is InChI=1S/C10H13N3O2/c11-10(12)13-5-7-6-14-8-3-1-2-4-9(8)15-7/h1-4,7H,5-6H2,(H4,11,12,13). The molecule has 2 rings (SSSR count). The Morgan fingerprint density at radius 3 is 2.80 bits per heavy atom. The van der Waals surface area contributed by atoms with Gasteiger partial charge in [0.1, 0.15) is 6.61 Å². The van der Waals surface area contributed by atoms with Crippen LogP contribution in [0.15, 0.2) is 29.3 Å². The fraction of sp³-hybridized carbons (Fsp3) is 0.300. The molecule has 1 aliphatic rings. The first-order valence-corrected chi connectivity index (χ1v) is 4.69. The van der Waals surface area contributed by atoms with Crippen LogP contribution in [0.1, 0.15) is 0 Å². The minimum absolute atomic E-state index is 0.0671. The maximum atomic E-state index is 5.64. The number of ether oxygens (including phenoxy) is 2. The minimum Gasteiger partial charge on any atom is -0.486 e. The van der Waals surface area contributed by atoms with Crippen LogP contribution in [-0.2, 0) is 0 Å². The van der Waals surface area contributed by atoms with Gasteiger partial charge in [-0.2, -0.15) is 0 Å². The molecule has 1 aromatic carbocycles. The lowest BCUT2D eigenvalue weighted by molar-refractivity contribution is 0.0972. The van der Waals surface area contributed by atoms with Crippen molar-refractivity contribution < 1.29 is 9.47 Å². The molecule has 0 fully saturated rings. The van der Waals surface area contributed by atoms with Crippen molar-refractivity contribution in [3.05, 3.63) is 24.3 Å². The second-order valence-electron chi connectivity index (χ2n) is 3.26. The van der Waals surface area contributed by atoms with Crippen LogP contribution in [0.25, 0.3) is 0 Å². The van der Waals surface area contributed by atoms with Gasteiger partial charge in [-0.25, -0.2) is 4.99 Å². The van der Waals surface area contributed by atoms with Crippen LogP contribution in [0.3, 0.4) is 0 Å². The summed E-state index contributed by atoms with van der Waals surface area (Å²) in [5.41, 5.74) is 10.5. The van der Waals surface area contributed by atoms with E-state index < -0.39 is 0 Å². The highest BCUT2D eigenvalue weighted by Crippen LogP contribution is 2.30. The Labute approximate surface area is 87.7 Å². The van der Waals surface area contributed by atoms with Crippen LogP contribution in [0, 0.1) is 0 Å². The lowest BCUT2D eigenvalue weighted by Gasteiger charge is -2.25. The molecule has 4 N–H and O–H groups in total. The lowest BCUT2D eigenvalue weighted by atomic mass is 10.2. The maximum Gasteiger partial charge on any atom is 0.186 e. The maximum absolute atomic E-state index is 5.64. The number of guanidine groups is 1. The summed E-state index contributed by atoms with van der Waals surface area (Å²) in [5, 5.41) is 0. The molecular weight excluding hydrogens is 194 g/mol. The molecule has 80 valence electrons. The zero-order valence-electron chi connectivity index (χ0n) is 8.22. The van der Waals surface area contributed by atoms with E-state index in [4.69, 9.17) is 20.9 Å². The molecule has 1 atom stereocenters. The minimum atomic E-state index is -0.123. The predicted molar refractivity (Wildman–Crippen MR) is 57.0 cm³/mol. The van der Waals surface area contributed by atoms with Crippen molar-refractivity contribution in [3.63, 3.8) is 0 Å². The highest BCUT2D eigenvalue weighted by molar-refractivity contribution is 5.75. The Morgan fingerprint density at radius 1 is 1.33 bits per heavy atom. The molecule has 0 aromatic heterocycles. The van der Waals surface area contributed by atoms with Gasteiger partial charge in [-0.05, 0) is 12.1 Å². The molecule has 5 nitrogen and oxygen atoms in total. The summed E-state index contributed by atoms with van der Waals surface area (Å²) >= 11 is 0. The Hall–Kier alpha value is -1.91. The van der Waals surface area contributed by atoms with Crippen LogP contribution in [0.5, 0.6) is 11.5 Å². The molecule has 1 heterocycles. The summed E-state index contributed by atoms with van der Waals surface area (Å²) < 4.78 is 11.1. The van der Waals surface area contributed by atoms with E-state index in [0.717, 1.165) is 11.5 Å². The van der Waals surface area contributed by atoms with Gasteiger partial charge in [0.2, 0.25) is 0 Å². The lowest BCUT2D eigenvalue weighted by Crippen LogP contribution is -2.33. The summed E-state index contributed by atoms with van der Waals surface area (Å²) in [7, 11) is 0. The first kappa shape index (κ1) is 9.64. The number of nitrogens with zero attached hydrogens (tertiary/aromatic N) is 1. The number of nitrogens with two attached hydrogens (primary N) is 2. The van der Waals surface area contributed by atoms with Crippen LogP contribution in [0.4, 0.5) is 0 Å². The number of hydrogen-bond donors (Lipinski definition) is 2. The van der Waals surface area contributed by atoms with E-state index in [2.05, 4.69) is 4.99 Å². The van der Waals surface area contributed by atoms with Crippen molar-refractivity contribution in [1.29, 1.82) is 0 Å². The van der Waals surface area contributed by atoms with E-state index in [0.29, 0.717) is 13.2 Å². The molecule has 0 radical (unpaired) electrons. The van der Waals surface area contributed by atoms with Gasteiger partial charge in [-0.15, -0.1) is 0 Å². The first-order chi connectivity index (χ1) is 7.25. The second-order valence-corrected chi connectivity index (χ2v) is 3.26. The zero-order valence-corrected chi connectivity index (χ0v) is 8.22. The van der Waals surface area contributed by atoms with E-state index in [-0.39, 0.29) is 12.1 Å². The highest BCUT2D eigenvalue weighted by Gasteiger charge is 2.19. The van der Waals surface area contributed by atoms with Gasteiger partial charge < -0.3 is 20.9 Å². The summed E-state index contributed by atoms with van der Waals surface area (Å²) in [4.78, 5) is 3.89. The highest BCUT2D eigenvalue weighted by atomic mass is 16.6. The molecule has 0 bridgehead atoms. The van der Waals surface area contributed by atoms with E-state index in [1.165, 1.54) is 0 Å². The third kappa shape index (κ3) is 2.31. The number of aliphatic imine (C=N–C) groups is 1. The van der Waals surface area contributed by atoms with Crippen LogP contribution in [-0.4, -0.2) is 25.2 Å². The quantitative estimate of drug-likeness (QED) is 0.532. The van der Waals surface area contributed by atoms with Crippen molar-refractivity contribution in [1.82, 2.24) is 0 Å². The Balaban J connectivity index is 2.03. The van der Waals surface area contributed by atoms with Gasteiger partial charge in [-0.3, -0.25) is 0 Å². The van der Waals surface area contributed by atoms with E-state index in [9.17, 15) is 0 Å². The molecule has 1 aromatic rings. The fourth-order valence-corrected chi connectivity index (χ4v) is 1.36. The van der Waals surface area contributed by atoms with E-state index in [1.807, 2.05) is 24.3 Å². The van der Waals surface area contributed by atoms with Gasteiger partial charge >= 0.3 is 0 Å². The van der Waals surface area contributed by atoms with Crippen LogP contribution in [0.2, 0.25) is 0 Å². The zero-order chi connectivity index (χ0) is 10.7. The van der Waals surface area contributed by atoms with E-state index in [1.54, 1.807) is 0 Å². The number of fused-ring (bicyclic) bond motifs is 1. The third-order valence-electron chi connectivity index (χ3n) is 2.05. The monoisotopic (exact) mass is 207 g/mol. The average molecular weight is 207 g/mol. The fourth-order valence-electron chi connectivity index (χ4n) is 1.36. The van der Waals surface area contributed by atoms with Gasteiger partial charge in [0.05, 0.1) is 6.54 Å². The van der Waals surface area contributed by atoms with Gasteiger partial charge in [0.15, 0.2) is 23.6 Å². The molecule has 0 amide bonds. The Bertz CT molecular complexity index is 375. The van der Waals surface area contributed by atoms with Crippen molar-refractivity contribution in [2.75, 3.05) is 13.2 Å². The molecule has 0 aliphatic carbocycles. The first-order valence-electron chi connectivity index (χ1n) is 4.69. The molecular formula is C10H13N3O2. The normalized spacial score (nSPS) is 18.3. The molecule has 1 unspecified atom stereocenters. The number of hydrogen-bond acceptors (Lipinski definition) is 3. The third-order valence-corrected chi connectivity index (χ3v) is 2.05. The van der Waals surface area contributed by atoms with E-state index >= 15 is 0 Å². The number of para-hydroxylation sites is 2. The summed E-state index contributed by atoms with van der Waals surface area (Å²) in [6.45, 7) is 0.879. The van der Waals surface area contributed by atoms with Crippen LogP contribution < -0.4 is 20.9 Å². The molecule has 5 heteroatoms. The van der Waals surface area contributed by atoms with Crippen molar-refractivity contribution in [2.24, 2.45) is 16.5 Å². The Morgan fingerprint density at radius 2 is 2.07 bits per heavy atom. The predicted octanol–water partition coefficient (Wildman–Crippen LogP) is 0.0998. The smallest absolute Gasteiger partial charge is 0.186 e.